The monoisotopic (exact) mass is 283 g/mol. The molecule has 110 valence electrons. The second-order valence-corrected chi connectivity index (χ2v) is 5.73. The Balaban J connectivity index is 2.04. The van der Waals surface area contributed by atoms with Crippen molar-refractivity contribution >= 4 is 16.8 Å². The summed E-state index contributed by atoms with van der Waals surface area (Å²) in [5.74, 6) is 0.200. The Morgan fingerprint density at radius 1 is 1.33 bits per heavy atom. The maximum Gasteiger partial charge on any atom is 0.223 e. The van der Waals surface area contributed by atoms with Gasteiger partial charge in [-0.05, 0) is 44.0 Å². The molecule has 21 heavy (non-hydrogen) atoms. The van der Waals surface area contributed by atoms with Crippen molar-refractivity contribution in [3.8, 4) is 0 Å². The SMILES string of the molecule is CCN1C(=O)CCC(N)C1c1ccc2nc(C)ccc2c1. The van der Waals surface area contributed by atoms with Crippen molar-refractivity contribution < 1.29 is 4.79 Å². The quantitative estimate of drug-likeness (QED) is 0.921. The maximum atomic E-state index is 12.1. The number of nitrogens with zero attached hydrogens (tertiary/aromatic N) is 2. The van der Waals surface area contributed by atoms with Gasteiger partial charge < -0.3 is 10.6 Å². The van der Waals surface area contributed by atoms with Gasteiger partial charge in [0.25, 0.3) is 0 Å². The second kappa shape index (κ2) is 5.45. The van der Waals surface area contributed by atoms with Crippen LogP contribution in [-0.2, 0) is 4.79 Å². The van der Waals surface area contributed by atoms with Gasteiger partial charge in [0.05, 0.1) is 11.6 Å². The van der Waals surface area contributed by atoms with Crippen LogP contribution < -0.4 is 5.73 Å². The molecule has 2 atom stereocenters. The molecule has 1 aliphatic rings. The van der Waals surface area contributed by atoms with Crippen molar-refractivity contribution in [2.45, 2.75) is 38.8 Å². The number of piperidine rings is 1. The van der Waals surface area contributed by atoms with E-state index in [-0.39, 0.29) is 18.0 Å². The van der Waals surface area contributed by atoms with Crippen LogP contribution in [0, 0.1) is 6.92 Å². The number of aromatic nitrogens is 1. The summed E-state index contributed by atoms with van der Waals surface area (Å²) in [6.45, 7) is 4.69. The summed E-state index contributed by atoms with van der Waals surface area (Å²) in [6.07, 6.45) is 1.31. The van der Waals surface area contributed by atoms with Gasteiger partial charge in [-0.3, -0.25) is 9.78 Å². The molecule has 0 saturated carbocycles. The number of aryl methyl sites for hydroxylation is 1. The first-order valence-corrected chi connectivity index (χ1v) is 7.52. The van der Waals surface area contributed by atoms with Crippen LogP contribution in [-0.4, -0.2) is 28.4 Å². The summed E-state index contributed by atoms with van der Waals surface area (Å²) >= 11 is 0. The lowest BCUT2D eigenvalue weighted by atomic mass is 9.90. The summed E-state index contributed by atoms with van der Waals surface area (Å²) in [5.41, 5.74) is 9.40. The van der Waals surface area contributed by atoms with E-state index < -0.39 is 0 Å². The highest BCUT2D eigenvalue weighted by atomic mass is 16.2. The fourth-order valence-electron chi connectivity index (χ4n) is 3.21. The number of hydrogen-bond acceptors (Lipinski definition) is 3. The molecule has 1 amide bonds. The van der Waals surface area contributed by atoms with Crippen LogP contribution in [0.3, 0.4) is 0 Å². The van der Waals surface area contributed by atoms with Gasteiger partial charge in [0.1, 0.15) is 0 Å². The minimum absolute atomic E-state index is 0.00138. The third kappa shape index (κ3) is 2.51. The summed E-state index contributed by atoms with van der Waals surface area (Å²) in [7, 11) is 0. The van der Waals surface area contributed by atoms with Crippen molar-refractivity contribution in [1.29, 1.82) is 0 Å². The van der Waals surface area contributed by atoms with E-state index in [4.69, 9.17) is 5.73 Å². The number of fused-ring (bicyclic) bond motifs is 1. The van der Waals surface area contributed by atoms with Crippen molar-refractivity contribution in [2.75, 3.05) is 6.54 Å². The van der Waals surface area contributed by atoms with Gasteiger partial charge in [0.2, 0.25) is 5.91 Å². The van der Waals surface area contributed by atoms with E-state index in [1.165, 1.54) is 0 Å². The Morgan fingerprint density at radius 2 is 2.14 bits per heavy atom. The number of carbonyl (C=O) groups is 1. The first-order chi connectivity index (χ1) is 10.1. The van der Waals surface area contributed by atoms with E-state index >= 15 is 0 Å². The smallest absolute Gasteiger partial charge is 0.223 e. The highest BCUT2D eigenvalue weighted by molar-refractivity contribution is 5.81. The number of rotatable bonds is 2. The average Bonchev–Trinajstić information content (AvgIpc) is 2.48. The van der Waals surface area contributed by atoms with Gasteiger partial charge in [-0.25, -0.2) is 0 Å². The molecule has 4 nitrogen and oxygen atoms in total. The molecule has 0 bridgehead atoms. The highest BCUT2D eigenvalue weighted by Crippen LogP contribution is 2.32. The number of pyridine rings is 1. The summed E-state index contributed by atoms with van der Waals surface area (Å²) in [6, 6.07) is 10.3. The zero-order valence-corrected chi connectivity index (χ0v) is 12.5. The summed E-state index contributed by atoms with van der Waals surface area (Å²) in [4.78, 5) is 18.5. The van der Waals surface area contributed by atoms with Crippen LogP contribution in [0.4, 0.5) is 0 Å². The third-order valence-electron chi connectivity index (χ3n) is 4.29. The van der Waals surface area contributed by atoms with Crippen LogP contribution >= 0.6 is 0 Å². The third-order valence-corrected chi connectivity index (χ3v) is 4.29. The zero-order valence-electron chi connectivity index (χ0n) is 12.5. The Labute approximate surface area is 125 Å². The minimum Gasteiger partial charge on any atom is -0.334 e. The van der Waals surface area contributed by atoms with Crippen molar-refractivity contribution in [3.05, 3.63) is 41.6 Å². The molecular weight excluding hydrogens is 262 g/mol. The molecule has 4 heteroatoms. The van der Waals surface area contributed by atoms with Gasteiger partial charge in [-0.2, -0.15) is 0 Å². The molecule has 2 N–H and O–H groups in total. The van der Waals surface area contributed by atoms with Gasteiger partial charge >= 0.3 is 0 Å². The molecule has 1 aliphatic heterocycles. The largest absolute Gasteiger partial charge is 0.334 e. The molecule has 2 aromatic rings. The molecule has 0 spiro atoms. The lowest BCUT2D eigenvalue weighted by molar-refractivity contribution is -0.137. The Kier molecular flexibility index (Phi) is 3.64. The molecule has 3 rings (SSSR count). The Morgan fingerprint density at radius 3 is 2.90 bits per heavy atom. The minimum atomic E-state index is -0.0260. The van der Waals surface area contributed by atoms with Crippen LogP contribution in [0.2, 0.25) is 0 Å². The molecular formula is C17H21N3O. The van der Waals surface area contributed by atoms with Crippen LogP contribution in [0.15, 0.2) is 30.3 Å². The molecule has 1 aromatic carbocycles. The highest BCUT2D eigenvalue weighted by Gasteiger charge is 2.33. The topological polar surface area (TPSA) is 59.2 Å². The normalized spacial score (nSPS) is 22.8. The first-order valence-electron chi connectivity index (χ1n) is 7.52. The number of hydrogen-bond donors (Lipinski definition) is 1. The van der Waals surface area contributed by atoms with Gasteiger partial charge in [0.15, 0.2) is 0 Å². The van der Waals surface area contributed by atoms with Crippen molar-refractivity contribution in [3.63, 3.8) is 0 Å². The van der Waals surface area contributed by atoms with E-state index in [1.807, 2.05) is 30.9 Å². The van der Waals surface area contributed by atoms with Crippen LogP contribution in [0.5, 0.6) is 0 Å². The molecule has 0 aliphatic carbocycles. The fraction of sp³-hybridized carbons (Fsp3) is 0.412. The number of carbonyl (C=O) groups excluding carboxylic acids is 1. The first kappa shape index (κ1) is 14.0. The lowest BCUT2D eigenvalue weighted by Gasteiger charge is -2.39. The van der Waals surface area contributed by atoms with E-state index in [0.717, 1.165) is 28.6 Å². The van der Waals surface area contributed by atoms with Crippen molar-refractivity contribution in [1.82, 2.24) is 9.88 Å². The average molecular weight is 283 g/mol. The predicted molar refractivity (Wildman–Crippen MR) is 83.8 cm³/mol. The number of likely N-dealkylation sites (tertiary alicyclic amines) is 1. The van der Waals surface area contributed by atoms with Gasteiger partial charge in [-0.1, -0.05) is 12.1 Å². The van der Waals surface area contributed by atoms with Gasteiger partial charge in [-0.15, -0.1) is 0 Å². The van der Waals surface area contributed by atoms with Crippen LogP contribution in [0.25, 0.3) is 10.9 Å². The number of likely N-dealkylation sites (N-methyl/N-ethyl adjacent to an activating group) is 1. The Hall–Kier alpha value is -1.94. The van der Waals surface area contributed by atoms with E-state index in [0.29, 0.717) is 13.0 Å². The number of nitrogens with two attached hydrogens (primary N) is 1. The number of benzene rings is 1. The molecule has 2 unspecified atom stereocenters. The predicted octanol–water partition coefficient (Wildman–Crippen LogP) is 2.55. The fourth-order valence-corrected chi connectivity index (χ4v) is 3.21. The van der Waals surface area contributed by atoms with Crippen molar-refractivity contribution in [2.24, 2.45) is 5.73 Å². The molecule has 2 heterocycles. The lowest BCUT2D eigenvalue weighted by Crippen LogP contribution is -2.48. The van der Waals surface area contributed by atoms with E-state index in [2.05, 4.69) is 23.2 Å². The summed E-state index contributed by atoms with van der Waals surface area (Å²) in [5, 5.41) is 1.10. The molecule has 0 radical (unpaired) electrons. The Bertz CT molecular complexity index is 683. The standard InChI is InChI=1S/C17H21N3O/c1-3-20-16(21)9-7-14(18)17(20)13-6-8-15-12(10-13)5-4-11(2)19-15/h4-6,8,10,14,17H,3,7,9,18H2,1-2H3. The zero-order chi connectivity index (χ0) is 15.0. The molecule has 1 fully saturated rings. The second-order valence-electron chi connectivity index (χ2n) is 5.73. The molecule has 1 aromatic heterocycles. The van der Waals surface area contributed by atoms with E-state index in [1.54, 1.807) is 0 Å². The van der Waals surface area contributed by atoms with Crippen LogP contribution in [0.1, 0.15) is 37.1 Å². The number of amides is 1. The van der Waals surface area contributed by atoms with Gasteiger partial charge in [0, 0.05) is 30.1 Å². The van der Waals surface area contributed by atoms with E-state index in [9.17, 15) is 4.79 Å². The maximum absolute atomic E-state index is 12.1. The summed E-state index contributed by atoms with van der Waals surface area (Å²) < 4.78 is 0. The molecule has 1 saturated heterocycles.